The van der Waals surface area contributed by atoms with E-state index in [1.54, 1.807) is 17.1 Å². The lowest BCUT2D eigenvalue weighted by molar-refractivity contribution is -0.142. The number of carbonyl (C=O) groups is 1. The summed E-state index contributed by atoms with van der Waals surface area (Å²) in [7, 11) is 0. The van der Waals surface area contributed by atoms with Crippen LogP contribution in [-0.2, 0) is 19.3 Å². The van der Waals surface area contributed by atoms with Crippen molar-refractivity contribution in [2.75, 3.05) is 0 Å². The Balaban J connectivity index is 1.65. The Labute approximate surface area is 152 Å². The Hall–Kier alpha value is -2.91. The molecule has 4 rings (SSSR count). The average Bonchev–Trinajstić information content (AvgIpc) is 3.23. The highest BCUT2D eigenvalue weighted by Crippen LogP contribution is 2.41. The molecular weight excluding hydrogens is 361 g/mol. The minimum atomic E-state index is -4.58. The normalized spacial score (nSPS) is 14.7. The fraction of sp³-hybridized carbons (Fsp3) is 0.412. The van der Waals surface area contributed by atoms with Gasteiger partial charge in [0.25, 0.3) is 5.91 Å². The summed E-state index contributed by atoms with van der Waals surface area (Å²) in [5, 5.41) is 10.6. The standard InChI is InChI=1S/C17H17F3N6O/c1-2-25-9-10(7-22-25)6-21-16(27)12-8-23-26-14(17(18,19)20)5-13(11-3-4-11)24-15(12)26/h5,7-9,11H,2-4,6H2,1H3,(H,21,27). The maximum Gasteiger partial charge on any atom is 0.433 e. The highest BCUT2D eigenvalue weighted by molar-refractivity contribution is 5.99. The van der Waals surface area contributed by atoms with Gasteiger partial charge < -0.3 is 5.32 Å². The van der Waals surface area contributed by atoms with Crippen LogP contribution in [0.4, 0.5) is 13.2 Å². The Kier molecular flexibility index (Phi) is 4.12. The number of carbonyl (C=O) groups excluding carboxylic acids is 1. The van der Waals surface area contributed by atoms with Crippen LogP contribution in [0.5, 0.6) is 0 Å². The highest BCUT2D eigenvalue weighted by Gasteiger charge is 2.37. The molecule has 27 heavy (non-hydrogen) atoms. The van der Waals surface area contributed by atoms with Crippen LogP contribution in [-0.4, -0.2) is 30.3 Å². The number of alkyl halides is 3. The van der Waals surface area contributed by atoms with Gasteiger partial charge in [0.2, 0.25) is 0 Å². The molecule has 0 spiro atoms. The van der Waals surface area contributed by atoms with Gasteiger partial charge in [0.1, 0.15) is 11.3 Å². The van der Waals surface area contributed by atoms with Gasteiger partial charge in [0, 0.05) is 36.5 Å². The zero-order valence-electron chi connectivity index (χ0n) is 14.5. The molecule has 1 saturated carbocycles. The van der Waals surface area contributed by atoms with Gasteiger partial charge in [0.05, 0.1) is 12.4 Å². The molecule has 1 aliphatic carbocycles. The number of hydrogen-bond donors (Lipinski definition) is 1. The molecule has 3 aromatic rings. The molecule has 0 saturated heterocycles. The Morgan fingerprint density at radius 3 is 2.70 bits per heavy atom. The van der Waals surface area contributed by atoms with Crippen LogP contribution in [0.15, 0.2) is 24.7 Å². The molecule has 0 radical (unpaired) electrons. The smallest absolute Gasteiger partial charge is 0.348 e. The number of rotatable bonds is 5. The van der Waals surface area contributed by atoms with Crippen molar-refractivity contribution in [2.45, 2.75) is 44.9 Å². The summed E-state index contributed by atoms with van der Waals surface area (Å²) >= 11 is 0. The molecule has 1 amide bonds. The molecule has 142 valence electrons. The fourth-order valence-electron chi connectivity index (χ4n) is 2.88. The van der Waals surface area contributed by atoms with Crippen LogP contribution in [0.3, 0.4) is 0 Å². The second-order valence-corrected chi connectivity index (χ2v) is 6.52. The van der Waals surface area contributed by atoms with E-state index in [0.29, 0.717) is 16.8 Å². The first kappa shape index (κ1) is 17.5. The maximum absolute atomic E-state index is 13.4. The fourth-order valence-corrected chi connectivity index (χ4v) is 2.88. The second-order valence-electron chi connectivity index (χ2n) is 6.52. The zero-order chi connectivity index (χ0) is 19.2. The molecule has 7 nitrogen and oxygen atoms in total. The molecular formula is C17H17F3N6O. The Morgan fingerprint density at radius 2 is 2.07 bits per heavy atom. The summed E-state index contributed by atoms with van der Waals surface area (Å²) in [6, 6.07) is 1.03. The van der Waals surface area contributed by atoms with Gasteiger partial charge in [-0.25, -0.2) is 9.50 Å². The summed E-state index contributed by atoms with van der Waals surface area (Å²) in [4.78, 5) is 16.8. The van der Waals surface area contributed by atoms with Crippen molar-refractivity contribution >= 4 is 11.6 Å². The largest absolute Gasteiger partial charge is 0.433 e. The quantitative estimate of drug-likeness (QED) is 0.741. The Bertz CT molecular complexity index is 1000. The number of hydrogen-bond acceptors (Lipinski definition) is 4. The third-order valence-corrected chi connectivity index (χ3v) is 4.49. The average molecular weight is 378 g/mol. The van der Waals surface area contributed by atoms with Crippen LogP contribution in [0.2, 0.25) is 0 Å². The number of nitrogens with zero attached hydrogens (tertiary/aromatic N) is 5. The lowest BCUT2D eigenvalue weighted by Crippen LogP contribution is -2.23. The summed E-state index contributed by atoms with van der Waals surface area (Å²) in [6.45, 7) is 2.86. The van der Waals surface area contributed by atoms with Crippen molar-refractivity contribution < 1.29 is 18.0 Å². The lowest BCUT2D eigenvalue weighted by Gasteiger charge is -2.11. The van der Waals surface area contributed by atoms with E-state index in [9.17, 15) is 18.0 Å². The molecule has 0 atom stereocenters. The second kappa shape index (κ2) is 6.36. The predicted octanol–water partition coefficient (Wildman–Crippen LogP) is 2.77. The van der Waals surface area contributed by atoms with E-state index in [4.69, 9.17) is 0 Å². The van der Waals surface area contributed by atoms with Gasteiger partial charge in [-0.1, -0.05) is 0 Å². The molecule has 0 bridgehead atoms. The van der Waals surface area contributed by atoms with Crippen LogP contribution in [0, 0.1) is 0 Å². The van der Waals surface area contributed by atoms with E-state index in [1.165, 1.54) is 0 Å². The number of aromatic nitrogens is 5. The van der Waals surface area contributed by atoms with Crippen molar-refractivity contribution in [1.82, 2.24) is 29.7 Å². The predicted molar refractivity (Wildman–Crippen MR) is 89.0 cm³/mol. The van der Waals surface area contributed by atoms with Crippen LogP contribution >= 0.6 is 0 Å². The van der Waals surface area contributed by atoms with E-state index in [0.717, 1.165) is 30.7 Å². The SMILES string of the molecule is CCn1cc(CNC(=O)c2cnn3c(C(F)(F)F)cc(C4CC4)nc23)cn1. The molecule has 1 fully saturated rings. The first-order chi connectivity index (χ1) is 12.9. The third-order valence-electron chi connectivity index (χ3n) is 4.49. The van der Waals surface area contributed by atoms with Gasteiger partial charge in [-0.2, -0.15) is 23.4 Å². The molecule has 1 aliphatic rings. The third kappa shape index (κ3) is 3.38. The van der Waals surface area contributed by atoms with E-state index in [1.807, 2.05) is 6.92 Å². The van der Waals surface area contributed by atoms with Crippen molar-refractivity contribution in [3.05, 3.63) is 47.2 Å². The summed E-state index contributed by atoms with van der Waals surface area (Å²) in [5.41, 5.74) is 0.176. The Morgan fingerprint density at radius 1 is 1.30 bits per heavy atom. The topological polar surface area (TPSA) is 77.1 Å². The van der Waals surface area contributed by atoms with Gasteiger partial charge >= 0.3 is 6.18 Å². The van der Waals surface area contributed by atoms with E-state index in [2.05, 4.69) is 20.5 Å². The van der Waals surface area contributed by atoms with Crippen molar-refractivity contribution in [2.24, 2.45) is 0 Å². The zero-order valence-corrected chi connectivity index (χ0v) is 14.5. The number of aryl methyl sites for hydroxylation is 1. The summed E-state index contributed by atoms with van der Waals surface area (Å²) in [6.07, 6.45) is 1.57. The molecule has 0 aromatic carbocycles. The number of nitrogens with one attached hydrogen (secondary N) is 1. The molecule has 10 heteroatoms. The maximum atomic E-state index is 13.4. The van der Waals surface area contributed by atoms with Gasteiger partial charge in [-0.15, -0.1) is 0 Å². The van der Waals surface area contributed by atoms with Crippen LogP contribution < -0.4 is 5.32 Å². The van der Waals surface area contributed by atoms with Crippen molar-refractivity contribution in [3.8, 4) is 0 Å². The number of halogens is 3. The number of amides is 1. The van der Waals surface area contributed by atoms with E-state index >= 15 is 0 Å². The lowest BCUT2D eigenvalue weighted by atomic mass is 10.2. The molecule has 3 heterocycles. The molecule has 0 unspecified atom stereocenters. The highest BCUT2D eigenvalue weighted by atomic mass is 19.4. The monoisotopic (exact) mass is 378 g/mol. The van der Waals surface area contributed by atoms with Crippen molar-refractivity contribution in [1.29, 1.82) is 0 Å². The summed E-state index contributed by atoms with van der Waals surface area (Å²) < 4.78 is 42.6. The molecule has 1 N–H and O–H groups in total. The van der Waals surface area contributed by atoms with E-state index in [-0.39, 0.29) is 23.7 Å². The summed E-state index contributed by atoms with van der Waals surface area (Å²) in [5.74, 6) is -0.510. The van der Waals surface area contributed by atoms with Gasteiger partial charge in [-0.3, -0.25) is 9.48 Å². The first-order valence-electron chi connectivity index (χ1n) is 8.62. The minimum absolute atomic E-state index is 0.0156. The van der Waals surface area contributed by atoms with Gasteiger partial charge in [0.15, 0.2) is 5.65 Å². The minimum Gasteiger partial charge on any atom is -0.348 e. The molecule has 0 aliphatic heterocycles. The first-order valence-corrected chi connectivity index (χ1v) is 8.62. The van der Waals surface area contributed by atoms with Gasteiger partial charge in [-0.05, 0) is 25.8 Å². The number of fused-ring (bicyclic) bond motifs is 1. The van der Waals surface area contributed by atoms with Crippen molar-refractivity contribution in [3.63, 3.8) is 0 Å². The van der Waals surface area contributed by atoms with Crippen LogP contribution in [0.25, 0.3) is 5.65 Å². The van der Waals surface area contributed by atoms with Crippen LogP contribution in [0.1, 0.15) is 53.0 Å². The van der Waals surface area contributed by atoms with E-state index < -0.39 is 17.8 Å². The molecule has 3 aromatic heterocycles.